The van der Waals surface area contributed by atoms with E-state index in [1.807, 2.05) is 13.0 Å². The van der Waals surface area contributed by atoms with Gasteiger partial charge in [0.05, 0.1) is 21.6 Å². The molecule has 2 N–H and O–H groups in total. The van der Waals surface area contributed by atoms with Gasteiger partial charge in [-0.25, -0.2) is 8.42 Å². The predicted octanol–water partition coefficient (Wildman–Crippen LogP) is 3.99. The Balaban J connectivity index is 1.67. The minimum Gasteiger partial charge on any atom is -0.326 e. The van der Waals surface area contributed by atoms with Gasteiger partial charge >= 0.3 is 0 Å². The van der Waals surface area contributed by atoms with Crippen LogP contribution in [0.15, 0.2) is 50.7 Å². The van der Waals surface area contributed by atoms with E-state index < -0.39 is 9.84 Å². The van der Waals surface area contributed by atoms with Crippen LogP contribution in [0.3, 0.4) is 0 Å². The van der Waals surface area contributed by atoms with Crippen molar-refractivity contribution in [3.63, 3.8) is 0 Å². The number of carbonyl (C=O) groups excluding carboxylic acids is 2. The normalized spacial score (nSPS) is 16.2. The minimum atomic E-state index is -3.66. The van der Waals surface area contributed by atoms with Gasteiger partial charge < -0.3 is 10.6 Å². The monoisotopic (exact) mass is 482 g/mol. The van der Waals surface area contributed by atoms with E-state index in [0.717, 1.165) is 14.9 Å². The zero-order chi connectivity index (χ0) is 20.5. The molecule has 0 bridgehead atoms. The van der Waals surface area contributed by atoms with Crippen molar-refractivity contribution < 1.29 is 18.0 Å². The molecule has 1 aliphatic rings. The van der Waals surface area contributed by atoms with Crippen molar-refractivity contribution in [3.05, 3.63) is 46.4 Å². The molecule has 0 saturated carbocycles. The number of anilines is 2. The van der Waals surface area contributed by atoms with Crippen molar-refractivity contribution in [2.45, 2.75) is 35.3 Å². The number of aryl methyl sites for hydroxylation is 1. The van der Waals surface area contributed by atoms with Gasteiger partial charge in [0.2, 0.25) is 11.8 Å². The van der Waals surface area contributed by atoms with E-state index in [0.29, 0.717) is 11.4 Å². The van der Waals surface area contributed by atoms with Crippen LogP contribution >= 0.6 is 27.7 Å². The first-order valence-corrected chi connectivity index (χ1v) is 11.9. The Kier molecular flexibility index (Phi) is 6.16. The summed E-state index contributed by atoms with van der Waals surface area (Å²) in [5.41, 5.74) is 2.07. The first-order chi connectivity index (χ1) is 13.2. The van der Waals surface area contributed by atoms with Crippen molar-refractivity contribution >= 4 is 60.7 Å². The number of fused-ring (bicyclic) bond motifs is 1. The van der Waals surface area contributed by atoms with Gasteiger partial charge in [-0.2, -0.15) is 0 Å². The third-order valence-electron chi connectivity index (χ3n) is 4.28. The smallest absolute Gasteiger partial charge is 0.237 e. The lowest BCUT2D eigenvalue weighted by molar-refractivity contribution is -0.116. The summed E-state index contributed by atoms with van der Waals surface area (Å²) in [6.07, 6.45) is -0.160. The Morgan fingerprint density at radius 2 is 2.00 bits per heavy atom. The van der Waals surface area contributed by atoms with Crippen LogP contribution in [-0.2, 0) is 19.4 Å². The highest BCUT2D eigenvalue weighted by atomic mass is 79.9. The molecule has 3 rings (SSSR count). The molecule has 9 heteroatoms. The maximum Gasteiger partial charge on any atom is 0.237 e. The fraction of sp³-hybridized carbons (Fsp3) is 0.263. The third-order valence-corrected chi connectivity index (χ3v) is 8.06. The first-order valence-electron chi connectivity index (χ1n) is 8.56. The number of thioether (sulfide) groups is 1. The molecule has 0 fully saturated rings. The number of amides is 2. The number of hydrogen-bond donors (Lipinski definition) is 2. The highest BCUT2D eigenvalue weighted by Gasteiger charge is 2.25. The molecule has 0 spiro atoms. The molecule has 0 aromatic heterocycles. The van der Waals surface area contributed by atoms with Crippen molar-refractivity contribution in [2.75, 3.05) is 16.4 Å². The molecular formula is C19H19BrN2O4S2. The number of hydrogen-bond acceptors (Lipinski definition) is 5. The van der Waals surface area contributed by atoms with E-state index in [4.69, 9.17) is 0 Å². The summed E-state index contributed by atoms with van der Waals surface area (Å²) in [5, 5.41) is 5.21. The van der Waals surface area contributed by atoms with Crippen LogP contribution in [0.1, 0.15) is 18.9 Å². The molecule has 2 amide bonds. The van der Waals surface area contributed by atoms with E-state index >= 15 is 0 Å². The Morgan fingerprint density at radius 3 is 2.71 bits per heavy atom. The molecule has 1 aliphatic heterocycles. The summed E-state index contributed by atoms with van der Waals surface area (Å²) in [6.45, 7) is 3.69. The maximum atomic E-state index is 12.6. The predicted molar refractivity (Wildman–Crippen MR) is 115 cm³/mol. The number of rotatable bonds is 5. The van der Waals surface area contributed by atoms with Gasteiger partial charge in [-0.1, -0.05) is 15.9 Å². The summed E-state index contributed by atoms with van der Waals surface area (Å²) >= 11 is 4.78. The highest BCUT2D eigenvalue weighted by Crippen LogP contribution is 2.36. The number of carbonyl (C=O) groups is 2. The Labute approximate surface area is 176 Å². The summed E-state index contributed by atoms with van der Waals surface area (Å²) in [5.74, 6) is -0.845. The van der Waals surface area contributed by atoms with Gasteiger partial charge in [0.1, 0.15) is 0 Å². The average Bonchev–Trinajstić information content (AvgIpc) is 2.64. The van der Waals surface area contributed by atoms with Crippen molar-refractivity contribution in [3.8, 4) is 0 Å². The fourth-order valence-corrected chi connectivity index (χ4v) is 5.11. The van der Waals surface area contributed by atoms with Gasteiger partial charge in [0.25, 0.3) is 0 Å². The molecule has 28 heavy (non-hydrogen) atoms. The third kappa shape index (κ3) is 4.76. The SMILES string of the molecule is Cc1cc(NC(=O)CCS(=O)(=O)c2ccc3c(c2)NC(=O)[C@@H](C)S3)ccc1Br. The van der Waals surface area contributed by atoms with Crippen LogP contribution in [-0.4, -0.2) is 31.2 Å². The number of nitrogens with one attached hydrogen (secondary N) is 2. The Morgan fingerprint density at radius 1 is 1.25 bits per heavy atom. The largest absolute Gasteiger partial charge is 0.326 e. The molecule has 0 unspecified atom stereocenters. The number of halogens is 1. The van der Waals surface area contributed by atoms with Gasteiger partial charge in [-0.05, 0) is 55.8 Å². The summed E-state index contributed by atoms with van der Waals surface area (Å²) in [4.78, 5) is 24.9. The van der Waals surface area contributed by atoms with Gasteiger partial charge in [-0.3, -0.25) is 9.59 Å². The maximum absolute atomic E-state index is 12.6. The average molecular weight is 483 g/mol. The van der Waals surface area contributed by atoms with Crippen LogP contribution in [0.2, 0.25) is 0 Å². The van der Waals surface area contributed by atoms with E-state index in [2.05, 4.69) is 26.6 Å². The second kappa shape index (κ2) is 8.26. The van der Waals surface area contributed by atoms with E-state index in [1.165, 1.54) is 23.9 Å². The van der Waals surface area contributed by atoms with Crippen LogP contribution in [0, 0.1) is 6.92 Å². The second-order valence-corrected chi connectivity index (χ2v) is 10.8. The minimum absolute atomic E-state index is 0.0917. The van der Waals surface area contributed by atoms with Crippen LogP contribution in [0.5, 0.6) is 0 Å². The molecular weight excluding hydrogens is 464 g/mol. The molecule has 6 nitrogen and oxygen atoms in total. The zero-order valence-corrected chi connectivity index (χ0v) is 18.5. The summed E-state index contributed by atoms with van der Waals surface area (Å²) in [7, 11) is -3.66. The molecule has 0 radical (unpaired) electrons. The van der Waals surface area contributed by atoms with Crippen LogP contribution in [0.4, 0.5) is 11.4 Å². The molecule has 1 heterocycles. The number of benzene rings is 2. The highest BCUT2D eigenvalue weighted by molar-refractivity contribution is 9.10. The lowest BCUT2D eigenvalue weighted by Gasteiger charge is -2.21. The lowest BCUT2D eigenvalue weighted by Crippen LogP contribution is -2.26. The standard InChI is InChI=1S/C19H19BrN2O4S2/c1-11-9-13(3-5-15(11)20)21-18(23)7-8-28(25,26)14-4-6-17-16(10-14)22-19(24)12(2)27-17/h3-6,9-10,12H,7-8H2,1-2H3,(H,21,23)(H,22,24)/t12-/m1/s1. The van der Waals surface area contributed by atoms with Crippen molar-refractivity contribution in [2.24, 2.45) is 0 Å². The van der Waals surface area contributed by atoms with Crippen molar-refractivity contribution in [1.82, 2.24) is 0 Å². The first kappa shape index (κ1) is 20.9. The molecule has 2 aromatic carbocycles. The van der Waals surface area contributed by atoms with E-state index in [9.17, 15) is 18.0 Å². The van der Waals surface area contributed by atoms with Gasteiger partial charge in [0.15, 0.2) is 9.84 Å². The fourth-order valence-electron chi connectivity index (χ4n) is 2.67. The Bertz CT molecular complexity index is 1050. The molecule has 0 aliphatic carbocycles. The second-order valence-electron chi connectivity index (χ2n) is 6.49. The summed E-state index contributed by atoms with van der Waals surface area (Å²) in [6, 6.07) is 10.0. The number of sulfone groups is 1. The van der Waals surface area contributed by atoms with Crippen molar-refractivity contribution in [1.29, 1.82) is 0 Å². The topological polar surface area (TPSA) is 92.3 Å². The Hall–Kier alpha value is -1.84. The summed E-state index contributed by atoms with van der Waals surface area (Å²) < 4.78 is 26.2. The molecule has 148 valence electrons. The van der Waals surface area contributed by atoms with Crippen LogP contribution < -0.4 is 10.6 Å². The van der Waals surface area contributed by atoms with E-state index in [1.54, 1.807) is 25.1 Å². The van der Waals surface area contributed by atoms with Gasteiger partial charge in [-0.15, -0.1) is 11.8 Å². The lowest BCUT2D eigenvalue weighted by atomic mass is 10.2. The molecule has 2 aromatic rings. The quantitative estimate of drug-likeness (QED) is 0.671. The van der Waals surface area contributed by atoms with E-state index in [-0.39, 0.29) is 34.1 Å². The van der Waals surface area contributed by atoms with Crippen LogP contribution in [0.25, 0.3) is 0 Å². The molecule has 1 atom stereocenters. The molecule has 0 saturated heterocycles. The van der Waals surface area contributed by atoms with Gasteiger partial charge in [0, 0.05) is 21.5 Å². The zero-order valence-electron chi connectivity index (χ0n) is 15.3.